The predicted molar refractivity (Wildman–Crippen MR) is 90.0 cm³/mol. The van der Waals surface area contributed by atoms with Gasteiger partial charge in [-0.3, -0.25) is 4.79 Å². The third kappa shape index (κ3) is 4.48. The van der Waals surface area contributed by atoms with Crippen LogP contribution in [-0.2, 0) is 9.53 Å². The SMILES string of the molecule is CCCCOCC1CN(c2ccccc2)C(=O)C(CC)S1. The first-order valence-corrected chi connectivity index (χ1v) is 8.80. The molecule has 1 heterocycles. The Bertz CT molecular complexity index is 438. The first-order valence-electron chi connectivity index (χ1n) is 7.85. The van der Waals surface area contributed by atoms with E-state index in [1.807, 2.05) is 35.2 Å². The third-order valence-electron chi connectivity index (χ3n) is 3.67. The summed E-state index contributed by atoms with van der Waals surface area (Å²) in [6.45, 7) is 6.55. The van der Waals surface area contributed by atoms with E-state index in [0.29, 0.717) is 5.25 Å². The van der Waals surface area contributed by atoms with Crippen LogP contribution in [-0.4, -0.2) is 36.2 Å². The van der Waals surface area contributed by atoms with Crippen molar-refractivity contribution in [3.8, 4) is 0 Å². The Labute approximate surface area is 132 Å². The fourth-order valence-electron chi connectivity index (χ4n) is 2.47. The maximum absolute atomic E-state index is 12.5. The molecule has 0 aromatic heterocycles. The summed E-state index contributed by atoms with van der Waals surface area (Å²) < 4.78 is 5.77. The minimum atomic E-state index is 0.0544. The molecule has 1 aliphatic heterocycles. The molecule has 1 saturated heterocycles. The quantitative estimate of drug-likeness (QED) is 0.719. The van der Waals surface area contributed by atoms with Crippen LogP contribution in [0.1, 0.15) is 33.1 Å². The van der Waals surface area contributed by atoms with E-state index in [2.05, 4.69) is 13.8 Å². The Kier molecular flexibility index (Phi) is 6.58. The minimum absolute atomic E-state index is 0.0544. The van der Waals surface area contributed by atoms with E-state index in [9.17, 15) is 4.79 Å². The molecule has 1 aromatic rings. The number of nitrogens with zero attached hydrogens (tertiary/aromatic N) is 1. The molecule has 0 N–H and O–H groups in total. The van der Waals surface area contributed by atoms with Crippen LogP contribution in [0, 0.1) is 0 Å². The number of para-hydroxylation sites is 1. The molecule has 1 aliphatic rings. The highest BCUT2D eigenvalue weighted by atomic mass is 32.2. The second-order valence-corrected chi connectivity index (χ2v) is 6.88. The average molecular weight is 307 g/mol. The van der Waals surface area contributed by atoms with Gasteiger partial charge in [0.25, 0.3) is 0 Å². The van der Waals surface area contributed by atoms with Gasteiger partial charge in [0.05, 0.1) is 11.9 Å². The summed E-state index contributed by atoms with van der Waals surface area (Å²) in [6.07, 6.45) is 3.14. The Morgan fingerprint density at radius 3 is 2.71 bits per heavy atom. The number of ether oxygens (including phenoxy) is 1. The van der Waals surface area contributed by atoms with Crippen LogP contribution in [0.25, 0.3) is 0 Å². The lowest BCUT2D eigenvalue weighted by molar-refractivity contribution is -0.118. The van der Waals surface area contributed by atoms with E-state index in [4.69, 9.17) is 4.74 Å². The zero-order chi connectivity index (χ0) is 15.1. The molecule has 2 rings (SSSR count). The Morgan fingerprint density at radius 1 is 1.29 bits per heavy atom. The topological polar surface area (TPSA) is 29.5 Å². The smallest absolute Gasteiger partial charge is 0.240 e. The second kappa shape index (κ2) is 8.44. The van der Waals surface area contributed by atoms with Crippen molar-refractivity contribution in [1.29, 1.82) is 0 Å². The highest BCUT2D eigenvalue weighted by Crippen LogP contribution is 2.31. The Balaban J connectivity index is 2.00. The first-order chi connectivity index (χ1) is 10.3. The molecule has 2 unspecified atom stereocenters. The number of amides is 1. The largest absolute Gasteiger partial charge is 0.380 e. The molecular formula is C17H25NO2S. The molecule has 0 radical (unpaired) electrons. The number of anilines is 1. The zero-order valence-corrected chi connectivity index (χ0v) is 13.8. The molecule has 0 aliphatic carbocycles. The van der Waals surface area contributed by atoms with Gasteiger partial charge in [-0.15, -0.1) is 11.8 Å². The lowest BCUT2D eigenvalue weighted by Crippen LogP contribution is -2.48. The number of thioether (sulfide) groups is 1. The summed E-state index contributed by atoms with van der Waals surface area (Å²) in [5.74, 6) is 0.235. The van der Waals surface area contributed by atoms with Gasteiger partial charge >= 0.3 is 0 Å². The molecular weight excluding hydrogens is 282 g/mol. The summed E-state index contributed by atoms with van der Waals surface area (Å²) in [6, 6.07) is 9.97. The number of hydrogen-bond donors (Lipinski definition) is 0. The van der Waals surface area contributed by atoms with E-state index in [0.717, 1.165) is 44.7 Å². The summed E-state index contributed by atoms with van der Waals surface area (Å²) >= 11 is 1.78. The number of carbonyl (C=O) groups is 1. The summed E-state index contributed by atoms with van der Waals surface area (Å²) in [4.78, 5) is 14.5. The lowest BCUT2D eigenvalue weighted by atomic mass is 10.2. The standard InChI is InChI=1S/C17H25NO2S/c1-3-5-11-20-13-15-12-18(14-9-7-6-8-10-14)17(19)16(4-2)21-15/h6-10,15-16H,3-5,11-13H2,1-2H3. The van der Waals surface area contributed by atoms with Crippen LogP contribution < -0.4 is 4.90 Å². The number of benzene rings is 1. The fourth-order valence-corrected chi connectivity index (χ4v) is 3.78. The van der Waals surface area contributed by atoms with Crippen LogP contribution in [0.15, 0.2) is 30.3 Å². The maximum atomic E-state index is 12.5. The molecule has 3 nitrogen and oxygen atoms in total. The molecule has 21 heavy (non-hydrogen) atoms. The van der Waals surface area contributed by atoms with Crippen molar-refractivity contribution in [2.75, 3.05) is 24.7 Å². The maximum Gasteiger partial charge on any atom is 0.240 e. The van der Waals surface area contributed by atoms with Crippen molar-refractivity contribution >= 4 is 23.4 Å². The molecule has 1 fully saturated rings. The van der Waals surface area contributed by atoms with Gasteiger partial charge in [0.1, 0.15) is 0 Å². The molecule has 4 heteroatoms. The minimum Gasteiger partial charge on any atom is -0.380 e. The zero-order valence-electron chi connectivity index (χ0n) is 13.0. The third-order valence-corrected chi connectivity index (χ3v) is 5.20. The van der Waals surface area contributed by atoms with Gasteiger partial charge in [-0.05, 0) is 25.0 Å². The van der Waals surface area contributed by atoms with Crippen LogP contribution in [0.5, 0.6) is 0 Å². The van der Waals surface area contributed by atoms with Crippen molar-refractivity contribution in [1.82, 2.24) is 0 Å². The van der Waals surface area contributed by atoms with Crippen molar-refractivity contribution in [2.45, 2.75) is 43.6 Å². The summed E-state index contributed by atoms with van der Waals surface area (Å²) in [5.41, 5.74) is 1.000. The second-order valence-electron chi connectivity index (χ2n) is 5.37. The molecule has 1 amide bonds. The Morgan fingerprint density at radius 2 is 2.05 bits per heavy atom. The van der Waals surface area contributed by atoms with E-state index >= 15 is 0 Å². The van der Waals surface area contributed by atoms with Gasteiger partial charge < -0.3 is 9.64 Å². The van der Waals surface area contributed by atoms with Gasteiger partial charge in [-0.25, -0.2) is 0 Å². The van der Waals surface area contributed by atoms with Gasteiger partial charge in [0.2, 0.25) is 5.91 Å². The fraction of sp³-hybridized carbons (Fsp3) is 0.588. The van der Waals surface area contributed by atoms with Crippen LogP contribution >= 0.6 is 11.8 Å². The molecule has 116 valence electrons. The highest BCUT2D eigenvalue weighted by molar-refractivity contribution is 8.01. The van der Waals surface area contributed by atoms with E-state index in [1.165, 1.54) is 0 Å². The van der Waals surface area contributed by atoms with Crippen molar-refractivity contribution in [3.05, 3.63) is 30.3 Å². The summed E-state index contributed by atoms with van der Waals surface area (Å²) in [5, 5.41) is 0.420. The molecule has 0 bridgehead atoms. The van der Waals surface area contributed by atoms with Gasteiger partial charge in [0, 0.05) is 24.1 Å². The molecule has 0 spiro atoms. The van der Waals surface area contributed by atoms with Crippen molar-refractivity contribution in [3.63, 3.8) is 0 Å². The van der Waals surface area contributed by atoms with E-state index < -0.39 is 0 Å². The number of unbranched alkanes of at least 4 members (excludes halogenated alkanes) is 1. The first kappa shape index (κ1) is 16.4. The van der Waals surface area contributed by atoms with Crippen LogP contribution in [0.3, 0.4) is 0 Å². The normalized spacial score (nSPS) is 22.6. The highest BCUT2D eigenvalue weighted by Gasteiger charge is 2.34. The lowest BCUT2D eigenvalue weighted by Gasteiger charge is -2.36. The average Bonchev–Trinajstić information content (AvgIpc) is 2.53. The number of hydrogen-bond acceptors (Lipinski definition) is 3. The van der Waals surface area contributed by atoms with Crippen molar-refractivity contribution in [2.24, 2.45) is 0 Å². The van der Waals surface area contributed by atoms with E-state index in [-0.39, 0.29) is 11.2 Å². The predicted octanol–water partition coefficient (Wildman–Crippen LogP) is 3.73. The number of rotatable bonds is 7. The monoisotopic (exact) mass is 307 g/mol. The molecule has 0 saturated carbocycles. The van der Waals surface area contributed by atoms with Crippen molar-refractivity contribution < 1.29 is 9.53 Å². The Hall–Kier alpha value is -1.000. The number of carbonyl (C=O) groups excluding carboxylic acids is 1. The van der Waals surface area contributed by atoms with Crippen LogP contribution in [0.2, 0.25) is 0 Å². The molecule has 1 aromatic carbocycles. The van der Waals surface area contributed by atoms with E-state index in [1.54, 1.807) is 11.8 Å². The van der Waals surface area contributed by atoms with Crippen LogP contribution in [0.4, 0.5) is 5.69 Å². The summed E-state index contributed by atoms with van der Waals surface area (Å²) in [7, 11) is 0. The van der Waals surface area contributed by atoms with Gasteiger partial charge in [0.15, 0.2) is 0 Å². The van der Waals surface area contributed by atoms with Gasteiger partial charge in [-0.2, -0.15) is 0 Å². The van der Waals surface area contributed by atoms with Gasteiger partial charge in [-0.1, -0.05) is 38.5 Å². The molecule has 2 atom stereocenters.